The van der Waals surface area contributed by atoms with Crippen molar-refractivity contribution in [3.8, 4) is 0 Å². The van der Waals surface area contributed by atoms with Crippen LogP contribution in [0, 0.1) is 6.92 Å². The average molecular weight is 291 g/mol. The molecule has 6 nitrogen and oxygen atoms in total. The summed E-state index contributed by atoms with van der Waals surface area (Å²) in [6.45, 7) is 6.61. The van der Waals surface area contributed by atoms with Crippen LogP contribution in [0.4, 0.5) is 5.82 Å². The lowest BCUT2D eigenvalue weighted by molar-refractivity contribution is 0.872. The molecule has 2 heterocycles. The van der Waals surface area contributed by atoms with E-state index in [0.29, 0.717) is 10.9 Å². The number of anilines is 1. The average Bonchev–Trinajstić information content (AvgIpc) is 2.37. The molecule has 0 radical (unpaired) electrons. The highest BCUT2D eigenvalue weighted by atomic mass is 32.2. The van der Waals surface area contributed by atoms with E-state index in [2.05, 4.69) is 25.3 Å². The molecule has 0 bridgehead atoms. The van der Waals surface area contributed by atoms with Gasteiger partial charge in [-0.1, -0.05) is 6.92 Å². The summed E-state index contributed by atoms with van der Waals surface area (Å²) < 4.78 is 0. The van der Waals surface area contributed by atoms with Gasteiger partial charge in [0.2, 0.25) is 0 Å². The van der Waals surface area contributed by atoms with Gasteiger partial charge in [0, 0.05) is 30.8 Å². The summed E-state index contributed by atoms with van der Waals surface area (Å²) in [7, 11) is 0. The highest BCUT2D eigenvalue weighted by Crippen LogP contribution is 2.24. The first-order valence-electron chi connectivity index (χ1n) is 6.48. The predicted octanol–water partition coefficient (Wildman–Crippen LogP) is 2.01. The third-order valence-corrected chi connectivity index (χ3v) is 3.28. The van der Waals surface area contributed by atoms with Gasteiger partial charge in [0.25, 0.3) is 5.56 Å². The van der Waals surface area contributed by atoms with Gasteiger partial charge in [-0.2, -0.15) is 0 Å². The van der Waals surface area contributed by atoms with Crippen LogP contribution in [-0.4, -0.2) is 26.5 Å². The van der Waals surface area contributed by atoms with E-state index in [-0.39, 0.29) is 5.56 Å². The van der Waals surface area contributed by atoms with Gasteiger partial charge in [0.15, 0.2) is 5.16 Å². The minimum absolute atomic E-state index is 0.156. The molecule has 7 heteroatoms. The van der Waals surface area contributed by atoms with Crippen molar-refractivity contribution in [1.82, 2.24) is 19.9 Å². The molecular weight excluding hydrogens is 274 g/mol. The Bertz CT molecular complexity index is 655. The highest BCUT2D eigenvalue weighted by molar-refractivity contribution is 7.99. The standard InChI is InChI=1S/C13H17N5OS/c1-4-9-16-10(14-5-2)7-12(17-9)20-13-15-8(3)6-11(19)18-13/h6-7H,4-5H2,1-3H3,(H,14,16,17)(H,15,18,19). The van der Waals surface area contributed by atoms with Crippen LogP contribution in [0.5, 0.6) is 0 Å². The van der Waals surface area contributed by atoms with E-state index in [9.17, 15) is 4.79 Å². The number of H-pyrrole nitrogens is 1. The molecule has 2 aromatic heterocycles. The lowest BCUT2D eigenvalue weighted by Crippen LogP contribution is -2.08. The van der Waals surface area contributed by atoms with E-state index < -0.39 is 0 Å². The molecule has 106 valence electrons. The van der Waals surface area contributed by atoms with Gasteiger partial charge < -0.3 is 10.3 Å². The second kappa shape index (κ2) is 6.51. The molecule has 2 rings (SSSR count). The quantitative estimate of drug-likeness (QED) is 0.647. The van der Waals surface area contributed by atoms with Crippen LogP contribution >= 0.6 is 11.8 Å². The van der Waals surface area contributed by atoms with Crippen LogP contribution in [0.3, 0.4) is 0 Å². The van der Waals surface area contributed by atoms with Gasteiger partial charge in [-0.3, -0.25) is 4.79 Å². The predicted molar refractivity (Wildman–Crippen MR) is 79.3 cm³/mol. The number of nitrogens with one attached hydrogen (secondary N) is 2. The number of aromatic amines is 1. The topological polar surface area (TPSA) is 83.6 Å². The van der Waals surface area contributed by atoms with Crippen molar-refractivity contribution in [2.24, 2.45) is 0 Å². The Balaban J connectivity index is 2.31. The van der Waals surface area contributed by atoms with Crippen LogP contribution in [0.15, 0.2) is 27.1 Å². The Labute approximate surface area is 121 Å². The molecule has 0 atom stereocenters. The molecule has 20 heavy (non-hydrogen) atoms. The molecule has 0 saturated heterocycles. The maximum Gasteiger partial charge on any atom is 0.251 e. The third-order valence-electron chi connectivity index (χ3n) is 2.47. The van der Waals surface area contributed by atoms with Crippen molar-refractivity contribution >= 4 is 17.6 Å². The monoisotopic (exact) mass is 291 g/mol. The first kappa shape index (κ1) is 14.5. The maximum atomic E-state index is 11.4. The summed E-state index contributed by atoms with van der Waals surface area (Å²) in [6.07, 6.45) is 0.755. The first-order chi connectivity index (χ1) is 9.60. The van der Waals surface area contributed by atoms with Gasteiger partial charge in [-0.15, -0.1) is 0 Å². The van der Waals surface area contributed by atoms with E-state index in [0.717, 1.165) is 29.6 Å². The molecule has 2 N–H and O–H groups in total. The Morgan fingerprint density at radius 3 is 2.70 bits per heavy atom. The molecule has 0 aliphatic carbocycles. The minimum Gasteiger partial charge on any atom is -0.370 e. The summed E-state index contributed by atoms with van der Waals surface area (Å²) >= 11 is 1.33. The van der Waals surface area contributed by atoms with Crippen LogP contribution in [0.25, 0.3) is 0 Å². The van der Waals surface area contributed by atoms with Crippen molar-refractivity contribution in [2.75, 3.05) is 11.9 Å². The highest BCUT2D eigenvalue weighted by Gasteiger charge is 2.07. The van der Waals surface area contributed by atoms with Gasteiger partial charge >= 0.3 is 0 Å². The number of nitrogens with zero attached hydrogens (tertiary/aromatic N) is 3. The lowest BCUT2D eigenvalue weighted by Gasteiger charge is -2.07. The van der Waals surface area contributed by atoms with Crippen LogP contribution in [-0.2, 0) is 6.42 Å². The van der Waals surface area contributed by atoms with Crippen LogP contribution in [0.2, 0.25) is 0 Å². The molecule has 0 unspecified atom stereocenters. The van der Waals surface area contributed by atoms with Crippen molar-refractivity contribution in [1.29, 1.82) is 0 Å². The van der Waals surface area contributed by atoms with Crippen molar-refractivity contribution in [3.63, 3.8) is 0 Å². The molecule has 0 aliphatic heterocycles. The molecule has 0 saturated carbocycles. The Morgan fingerprint density at radius 2 is 2.05 bits per heavy atom. The third kappa shape index (κ3) is 3.80. The van der Waals surface area contributed by atoms with E-state index in [1.165, 1.54) is 17.8 Å². The molecule has 0 spiro atoms. The van der Waals surface area contributed by atoms with E-state index >= 15 is 0 Å². The van der Waals surface area contributed by atoms with Gasteiger partial charge in [-0.05, 0) is 25.6 Å². The summed E-state index contributed by atoms with van der Waals surface area (Å²) in [5.74, 6) is 1.55. The first-order valence-corrected chi connectivity index (χ1v) is 7.30. The number of aryl methyl sites for hydroxylation is 2. The molecule has 0 fully saturated rings. The number of hydrogen-bond donors (Lipinski definition) is 2. The smallest absolute Gasteiger partial charge is 0.251 e. The van der Waals surface area contributed by atoms with Crippen LogP contribution in [0.1, 0.15) is 25.4 Å². The summed E-state index contributed by atoms with van der Waals surface area (Å²) in [5.41, 5.74) is 0.532. The van der Waals surface area contributed by atoms with E-state index in [1.807, 2.05) is 19.9 Å². The van der Waals surface area contributed by atoms with Crippen molar-refractivity contribution < 1.29 is 0 Å². The lowest BCUT2D eigenvalue weighted by atomic mass is 10.4. The largest absolute Gasteiger partial charge is 0.370 e. The van der Waals surface area contributed by atoms with Gasteiger partial charge in [0.05, 0.1) is 0 Å². The molecule has 0 aromatic carbocycles. The zero-order valence-corrected chi connectivity index (χ0v) is 12.5. The van der Waals surface area contributed by atoms with Gasteiger partial charge in [-0.25, -0.2) is 15.0 Å². The van der Waals surface area contributed by atoms with E-state index in [1.54, 1.807) is 6.92 Å². The fourth-order valence-corrected chi connectivity index (χ4v) is 2.51. The Hall–Kier alpha value is -1.89. The van der Waals surface area contributed by atoms with Gasteiger partial charge in [0.1, 0.15) is 16.7 Å². The fourth-order valence-electron chi connectivity index (χ4n) is 1.65. The SMILES string of the molecule is CCNc1cc(Sc2nc(C)cc(=O)[nH]2)nc(CC)n1. The zero-order chi connectivity index (χ0) is 14.5. The molecule has 0 amide bonds. The Morgan fingerprint density at radius 1 is 1.25 bits per heavy atom. The summed E-state index contributed by atoms with van der Waals surface area (Å²) in [6, 6.07) is 3.32. The maximum absolute atomic E-state index is 11.4. The molecule has 2 aromatic rings. The van der Waals surface area contributed by atoms with E-state index in [4.69, 9.17) is 0 Å². The minimum atomic E-state index is -0.156. The zero-order valence-electron chi connectivity index (χ0n) is 11.7. The fraction of sp³-hybridized carbons (Fsp3) is 0.385. The van der Waals surface area contributed by atoms with Crippen molar-refractivity contribution in [2.45, 2.75) is 37.4 Å². The van der Waals surface area contributed by atoms with Crippen LogP contribution < -0.4 is 10.9 Å². The number of aromatic nitrogens is 4. The molecular formula is C13H17N5OS. The summed E-state index contributed by atoms with van der Waals surface area (Å²) in [5, 5.41) is 4.48. The second-order valence-corrected chi connectivity index (χ2v) is 5.19. The Kier molecular flexibility index (Phi) is 4.73. The van der Waals surface area contributed by atoms with Crippen molar-refractivity contribution in [3.05, 3.63) is 34.0 Å². The normalized spacial score (nSPS) is 10.6. The summed E-state index contributed by atoms with van der Waals surface area (Å²) in [4.78, 5) is 27.3. The second-order valence-electron chi connectivity index (χ2n) is 4.19. The number of rotatable bonds is 5. The molecule has 0 aliphatic rings. The number of hydrogen-bond acceptors (Lipinski definition) is 6.